The summed E-state index contributed by atoms with van der Waals surface area (Å²) in [6.45, 7) is 4.15. The molecule has 0 saturated heterocycles. The zero-order valence-corrected chi connectivity index (χ0v) is 8.13. The van der Waals surface area contributed by atoms with Gasteiger partial charge in [-0.3, -0.25) is 4.79 Å². The highest BCUT2D eigenvalue weighted by Crippen LogP contribution is 2.65. The van der Waals surface area contributed by atoms with E-state index in [4.69, 9.17) is 0 Å². The smallest absolute Gasteiger partial charge is 0.228 e. The van der Waals surface area contributed by atoms with Gasteiger partial charge in [0, 0.05) is 13.1 Å². The second-order valence-corrected chi connectivity index (χ2v) is 4.77. The summed E-state index contributed by atoms with van der Waals surface area (Å²) in [5.74, 6) is 1.29. The number of carbonyl (C=O) groups excluding carboxylic acids is 1. The molecule has 3 rings (SSSR count). The Morgan fingerprint density at radius 2 is 1.92 bits per heavy atom. The monoisotopic (exact) mass is 167 g/mol. The maximum Gasteiger partial charge on any atom is 0.228 e. The molecule has 12 heavy (non-hydrogen) atoms. The van der Waals surface area contributed by atoms with E-state index < -0.39 is 0 Å². The highest BCUT2D eigenvalue weighted by atomic mass is 16.2. The summed E-state index contributed by atoms with van der Waals surface area (Å²) in [6, 6.07) is 0.353. The second kappa shape index (κ2) is 2.24. The van der Waals surface area contributed by atoms with E-state index in [0.717, 1.165) is 5.92 Å². The average molecular weight is 167 g/mol. The molecule has 0 spiro atoms. The molecule has 0 aromatic carbocycles. The van der Waals surface area contributed by atoms with E-state index in [1.807, 2.05) is 11.9 Å². The van der Waals surface area contributed by atoms with Crippen molar-refractivity contribution in [1.29, 1.82) is 0 Å². The van der Waals surface area contributed by atoms with Crippen molar-refractivity contribution in [3.63, 3.8) is 0 Å². The van der Waals surface area contributed by atoms with Crippen LogP contribution in [-0.4, -0.2) is 23.9 Å². The largest absolute Gasteiger partial charge is 0.343 e. The van der Waals surface area contributed by atoms with Gasteiger partial charge in [0.15, 0.2) is 0 Å². The van der Waals surface area contributed by atoms with E-state index in [2.05, 4.69) is 13.8 Å². The molecular formula is C10H17NO. The van der Waals surface area contributed by atoms with Crippen LogP contribution in [0.5, 0.6) is 0 Å². The highest BCUT2D eigenvalue weighted by Gasteiger charge is 2.62. The molecule has 0 unspecified atom stereocenters. The summed E-state index contributed by atoms with van der Waals surface area (Å²) in [5, 5.41) is 0. The molecule has 0 heterocycles. The normalized spacial score (nSPS) is 37.2. The van der Waals surface area contributed by atoms with Crippen LogP contribution in [0.4, 0.5) is 0 Å². The second-order valence-electron chi connectivity index (χ2n) is 4.77. The predicted molar refractivity (Wildman–Crippen MR) is 47.7 cm³/mol. The van der Waals surface area contributed by atoms with E-state index in [0.29, 0.717) is 11.9 Å². The van der Waals surface area contributed by atoms with Crippen LogP contribution < -0.4 is 0 Å². The van der Waals surface area contributed by atoms with Gasteiger partial charge in [0.1, 0.15) is 0 Å². The molecule has 2 nitrogen and oxygen atoms in total. The first-order chi connectivity index (χ1) is 5.55. The van der Waals surface area contributed by atoms with Crippen molar-refractivity contribution in [3.8, 4) is 0 Å². The van der Waals surface area contributed by atoms with Crippen LogP contribution in [0.15, 0.2) is 0 Å². The van der Waals surface area contributed by atoms with Gasteiger partial charge in [0.2, 0.25) is 5.91 Å². The van der Waals surface area contributed by atoms with Crippen LogP contribution in [0.1, 0.15) is 33.1 Å². The molecule has 3 fully saturated rings. The number of amides is 1. The van der Waals surface area contributed by atoms with Crippen molar-refractivity contribution in [2.24, 2.45) is 11.3 Å². The maximum atomic E-state index is 11.9. The zero-order valence-electron chi connectivity index (χ0n) is 8.13. The van der Waals surface area contributed by atoms with E-state index in [-0.39, 0.29) is 5.41 Å². The Labute approximate surface area is 73.9 Å². The third-order valence-corrected chi connectivity index (χ3v) is 3.59. The molecule has 3 aliphatic carbocycles. The first kappa shape index (κ1) is 8.09. The molecule has 2 bridgehead atoms. The van der Waals surface area contributed by atoms with Crippen LogP contribution in [-0.2, 0) is 4.79 Å². The Hall–Kier alpha value is -0.530. The average Bonchev–Trinajstić information content (AvgIpc) is 1.78. The molecule has 0 aliphatic heterocycles. The standard InChI is InChI=1S/C10H17NO/c1-7(2)11(3)9(12)10-4-8(5-10)6-10/h7-8H,4-6H2,1-3H3. The molecular weight excluding hydrogens is 150 g/mol. The molecule has 0 aromatic heterocycles. The van der Waals surface area contributed by atoms with Gasteiger partial charge in [-0.15, -0.1) is 0 Å². The predicted octanol–water partition coefficient (Wildman–Crippen LogP) is 1.65. The van der Waals surface area contributed by atoms with Gasteiger partial charge in [0.25, 0.3) is 0 Å². The van der Waals surface area contributed by atoms with E-state index in [1.165, 1.54) is 19.3 Å². The van der Waals surface area contributed by atoms with Crippen molar-refractivity contribution in [3.05, 3.63) is 0 Å². The lowest BCUT2D eigenvalue weighted by atomic mass is 9.44. The summed E-state index contributed by atoms with van der Waals surface area (Å²) in [5.41, 5.74) is 0.115. The van der Waals surface area contributed by atoms with Gasteiger partial charge in [-0.25, -0.2) is 0 Å². The van der Waals surface area contributed by atoms with E-state index >= 15 is 0 Å². The van der Waals surface area contributed by atoms with E-state index in [1.54, 1.807) is 0 Å². The van der Waals surface area contributed by atoms with E-state index in [9.17, 15) is 4.79 Å². The molecule has 1 amide bonds. The zero-order chi connectivity index (χ0) is 8.93. The van der Waals surface area contributed by atoms with Gasteiger partial charge < -0.3 is 4.90 Å². The lowest BCUT2D eigenvalue weighted by Gasteiger charge is -2.61. The fourth-order valence-corrected chi connectivity index (χ4v) is 2.35. The molecule has 0 N–H and O–H groups in total. The van der Waals surface area contributed by atoms with Crippen molar-refractivity contribution in [2.45, 2.75) is 39.2 Å². The number of nitrogens with zero attached hydrogens (tertiary/aromatic N) is 1. The first-order valence-electron chi connectivity index (χ1n) is 4.82. The van der Waals surface area contributed by atoms with Crippen molar-refractivity contribution < 1.29 is 4.79 Å². The molecule has 0 atom stereocenters. The van der Waals surface area contributed by atoms with Crippen molar-refractivity contribution >= 4 is 5.91 Å². The Bertz CT molecular complexity index is 205. The van der Waals surface area contributed by atoms with Gasteiger partial charge in [-0.1, -0.05) is 0 Å². The third-order valence-electron chi connectivity index (χ3n) is 3.59. The number of hydrogen-bond acceptors (Lipinski definition) is 1. The Morgan fingerprint density at radius 1 is 1.42 bits per heavy atom. The summed E-state index contributed by atoms with van der Waals surface area (Å²) in [4.78, 5) is 13.8. The number of carbonyl (C=O) groups is 1. The van der Waals surface area contributed by atoms with Crippen LogP contribution in [0.3, 0.4) is 0 Å². The molecule has 68 valence electrons. The van der Waals surface area contributed by atoms with Gasteiger partial charge in [-0.05, 0) is 39.0 Å². The minimum absolute atomic E-state index is 0.115. The summed E-state index contributed by atoms with van der Waals surface area (Å²) in [6.07, 6.45) is 3.51. The molecule has 3 saturated carbocycles. The molecule has 0 aromatic rings. The van der Waals surface area contributed by atoms with Crippen LogP contribution in [0.25, 0.3) is 0 Å². The van der Waals surface area contributed by atoms with Crippen molar-refractivity contribution in [2.75, 3.05) is 7.05 Å². The molecule has 2 heteroatoms. The van der Waals surface area contributed by atoms with Gasteiger partial charge in [0.05, 0.1) is 5.41 Å². The molecule has 3 aliphatic rings. The maximum absolute atomic E-state index is 11.9. The molecule has 0 radical (unpaired) electrons. The quantitative estimate of drug-likeness (QED) is 0.612. The van der Waals surface area contributed by atoms with Crippen molar-refractivity contribution in [1.82, 2.24) is 4.90 Å². The summed E-state index contributed by atoms with van der Waals surface area (Å²) in [7, 11) is 1.92. The lowest BCUT2D eigenvalue weighted by Crippen LogP contribution is -2.61. The fourth-order valence-electron chi connectivity index (χ4n) is 2.35. The van der Waals surface area contributed by atoms with Crippen LogP contribution in [0, 0.1) is 11.3 Å². The van der Waals surface area contributed by atoms with Gasteiger partial charge in [-0.2, -0.15) is 0 Å². The lowest BCUT2D eigenvalue weighted by molar-refractivity contribution is -0.177. The third kappa shape index (κ3) is 0.838. The minimum Gasteiger partial charge on any atom is -0.343 e. The van der Waals surface area contributed by atoms with Gasteiger partial charge >= 0.3 is 0 Å². The Balaban J connectivity index is 2.00. The topological polar surface area (TPSA) is 20.3 Å². The first-order valence-corrected chi connectivity index (χ1v) is 4.82. The SMILES string of the molecule is CC(C)N(C)C(=O)C12CC(C1)C2. The van der Waals surface area contributed by atoms with Crippen LogP contribution in [0.2, 0.25) is 0 Å². The number of rotatable bonds is 2. The summed E-state index contributed by atoms with van der Waals surface area (Å²) < 4.78 is 0. The number of hydrogen-bond donors (Lipinski definition) is 0. The van der Waals surface area contributed by atoms with Crippen LogP contribution >= 0.6 is 0 Å². The minimum atomic E-state index is 0.115. The Kier molecular flexibility index (Phi) is 1.51. The highest BCUT2D eigenvalue weighted by molar-refractivity contribution is 5.85. The Morgan fingerprint density at radius 3 is 2.17 bits per heavy atom. The fraction of sp³-hybridized carbons (Fsp3) is 0.900. The summed E-state index contributed by atoms with van der Waals surface area (Å²) >= 11 is 0.